The molecule has 116 valence electrons. The highest BCUT2D eigenvalue weighted by atomic mass is 32.1. The molecule has 0 aliphatic carbocycles. The predicted octanol–water partition coefficient (Wildman–Crippen LogP) is 3.54. The largest absolute Gasteiger partial charge is 0.439 e. The molecule has 0 saturated carbocycles. The SMILES string of the molecule is CCc1nnc(NC(=O)c2ccnc(Oc3ccccc3)c2)s1. The zero-order chi connectivity index (χ0) is 16.1. The van der Waals surface area contributed by atoms with Gasteiger partial charge in [0.05, 0.1) is 0 Å². The molecule has 0 aliphatic heterocycles. The zero-order valence-corrected chi connectivity index (χ0v) is 13.2. The summed E-state index contributed by atoms with van der Waals surface area (Å²) in [4.78, 5) is 16.4. The Morgan fingerprint density at radius 2 is 2.04 bits per heavy atom. The fourth-order valence-corrected chi connectivity index (χ4v) is 2.51. The van der Waals surface area contributed by atoms with Gasteiger partial charge in [-0.25, -0.2) is 4.98 Å². The number of nitrogens with zero attached hydrogens (tertiary/aromatic N) is 3. The first kappa shape index (κ1) is 15.1. The molecule has 0 radical (unpaired) electrons. The number of para-hydroxylation sites is 1. The van der Waals surface area contributed by atoms with Crippen LogP contribution in [0.15, 0.2) is 48.7 Å². The second-order valence-corrected chi connectivity index (χ2v) is 5.67. The number of benzene rings is 1. The first-order valence-corrected chi connectivity index (χ1v) is 7.89. The van der Waals surface area contributed by atoms with Crippen molar-refractivity contribution in [3.8, 4) is 11.6 Å². The van der Waals surface area contributed by atoms with Crippen molar-refractivity contribution in [2.75, 3.05) is 5.32 Å². The molecule has 1 aromatic carbocycles. The lowest BCUT2D eigenvalue weighted by Gasteiger charge is -2.06. The van der Waals surface area contributed by atoms with Gasteiger partial charge in [-0.05, 0) is 24.6 Å². The van der Waals surface area contributed by atoms with E-state index in [0.717, 1.165) is 11.4 Å². The van der Waals surface area contributed by atoms with Crippen LogP contribution >= 0.6 is 11.3 Å². The van der Waals surface area contributed by atoms with E-state index in [1.165, 1.54) is 17.5 Å². The number of carbonyl (C=O) groups is 1. The van der Waals surface area contributed by atoms with Gasteiger partial charge in [-0.3, -0.25) is 10.1 Å². The van der Waals surface area contributed by atoms with Crippen LogP contribution in [0, 0.1) is 0 Å². The minimum Gasteiger partial charge on any atom is -0.439 e. The fourth-order valence-electron chi connectivity index (χ4n) is 1.83. The van der Waals surface area contributed by atoms with Crippen LogP contribution in [0.1, 0.15) is 22.3 Å². The Morgan fingerprint density at radius 3 is 2.78 bits per heavy atom. The Labute approximate surface area is 137 Å². The molecule has 2 heterocycles. The third-order valence-electron chi connectivity index (χ3n) is 2.95. The van der Waals surface area contributed by atoms with E-state index in [9.17, 15) is 4.79 Å². The number of ether oxygens (including phenoxy) is 1. The van der Waals surface area contributed by atoms with Crippen LogP contribution in [0.3, 0.4) is 0 Å². The van der Waals surface area contributed by atoms with E-state index in [1.54, 1.807) is 12.1 Å². The van der Waals surface area contributed by atoms with Crippen molar-refractivity contribution in [2.24, 2.45) is 0 Å². The summed E-state index contributed by atoms with van der Waals surface area (Å²) in [5.74, 6) is 0.744. The van der Waals surface area contributed by atoms with Crippen molar-refractivity contribution in [1.82, 2.24) is 15.2 Å². The average Bonchev–Trinajstić information content (AvgIpc) is 3.03. The van der Waals surface area contributed by atoms with Crippen LogP contribution < -0.4 is 10.1 Å². The van der Waals surface area contributed by atoms with Gasteiger partial charge in [0, 0.05) is 17.8 Å². The summed E-state index contributed by atoms with van der Waals surface area (Å²) in [5, 5.41) is 12.0. The van der Waals surface area contributed by atoms with Gasteiger partial charge in [-0.15, -0.1) is 10.2 Å². The van der Waals surface area contributed by atoms with Gasteiger partial charge in [0.1, 0.15) is 10.8 Å². The number of aromatic nitrogens is 3. The summed E-state index contributed by atoms with van der Waals surface area (Å²) in [6.07, 6.45) is 2.32. The maximum absolute atomic E-state index is 12.3. The molecule has 2 aromatic heterocycles. The zero-order valence-electron chi connectivity index (χ0n) is 12.4. The highest BCUT2D eigenvalue weighted by Gasteiger charge is 2.11. The number of carbonyl (C=O) groups excluding carboxylic acids is 1. The van der Waals surface area contributed by atoms with Gasteiger partial charge >= 0.3 is 0 Å². The molecule has 0 aliphatic rings. The molecule has 0 bridgehead atoms. The average molecular weight is 326 g/mol. The van der Waals surface area contributed by atoms with E-state index in [1.807, 2.05) is 37.3 Å². The van der Waals surface area contributed by atoms with Crippen LogP contribution in [0.25, 0.3) is 0 Å². The Balaban J connectivity index is 1.72. The van der Waals surface area contributed by atoms with E-state index in [-0.39, 0.29) is 5.91 Å². The molecule has 23 heavy (non-hydrogen) atoms. The van der Waals surface area contributed by atoms with E-state index >= 15 is 0 Å². The third kappa shape index (κ3) is 3.89. The van der Waals surface area contributed by atoms with Crippen LogP contribution in [-0.4, -0.2) is 21.1 Å². The van der Waals surface area contributed by atoms with Gasteiger partial charge in [0.15, 0.2) is 0 Å². The summed E-state index contributed by atoms with van der Waals surface area (Å²) in [7, 11) is 0. The predicted molar refractivity (Wildman–Crippen MR) is 88.0 cm³/mol. The summed E-state index contributed by atoms with van der Waals surface area (Å²) < 4.78 is 5.62. The number of amides is 1. The van der Waals surface area contributed by atoms with Crippen molar-refractivity contribution in [3.05, 3.63) is 59.2 Å². The topological polar surface area (TPSA) is 77.0 Å². The lowest BCUT2D eigenvalue weighted by molar-refractivity contribution is 0.102. The van der Waals surface area contributed by atoms with Crippen molar-refractivity contribution in [3.63, 3.8) is 0 Å². The Bertz CT molecular complexity index is 805. The molecule has 0 atom stereocenters. The van der Waals surface area contributed by atoms with Crippen LogP contribution in [-0.2, 0) is 6.42 Å². The molecule has 1 amide bonds. The van der Waals surface area contributed by atoms with Crippen molar-refractivity contribution in [1.29, 1.82) is 0 Å². The minimum atomic E-state index is -0.274. The summed E-state index contributed by atoms with van der Waals surface area (Å²) >= 11 is 1.36. The normalized spacial score (nSPS) is 10.3. The highest BCUT2D eigenvalue weighted by molar-refractivity contribution is 7.15. The molecule has 3 aromatic rings. The number of aryl methyl sites for hydroxylation is 1. The van der Waals surface area contributed by atoms with Crippen LogP contribution in [0.5, 0.6) is 11.6 Å². The summed E-state index contributed by atoms with van der Waals surface area (Å²) in [6.45, 7) is 1.99. The minimum absolute atomic E-state index is 0.274. The molecule has 0 fully saturated rings. The standard InChI is InChI=1S/C16H14N4O2S/c1-2-14-19-20-16(23-14)18-15(21)11-8-9-17-13(10-11)22-12-6-4-3-5-7-12/h3-10H,2H2,1H3,(H,18,20,21). The highest BCUT2D eigenvalue weighted by Crippen LogP contribution is 2.21. The third-order valence-corrected chi connectivity index (χ3v) is 3.94. The number of hydrogen-bond acceptors (Lipinski definition) is 6. The Hall–Kier alpha value is -2.80. The lowest BCUT2D eigenvalue weighted by Crippen LogP contribution is -2.12. The first-order chi connectivity index (χ1) is 11.2. The van der Waals surface area contributed by atoms with E-state index < -0.39 is 0 Å². The quantitative estimate of drug-likeness (QED) is 0.776. The number of anilines is 1. The molecule has 3 rings (SSSR count). The Kier molecular flexibility index (Phi) is 4.58. The van der Waals surface area contributed by atoms with Crippen molar-refractivity contribution >= 4 is 22.4 Å². The van der Waals surface area contributed by atoms with Gasteiger partial charge in [0.2, 0.25) is 11.0 Å². The monoisotopic (exact) mass is 326 g/mol. The van der Waals surface area contributed by atoms with Crippen molar-refractivity contribution in [2.45, 2.75) is 13.3 Å². The molecule has 0 saturated heterocycles. The van der Waals surface area contributed by atoms with Gasteiger partial charge in [-0.2, -0.15) is 0 Å². The smallest absolute Gasteiger partial charge is 0.257 e. The maximum Gasteiger partial charge on any atom is 0.257 e. The number of rotatable bonds is 5. The molecule has 0 unspecified atom stereocenters. The molecular weight excluding hydrogens is 312 g/mol. The van der Waals surface area contributed by atoms with Crippen LogP contribution in [0.2, 0.25) is 0 Å². The van der Waals surface area contributed by atoms with E-state index in [4.69, 9.17) is 4.74 Å². The maximum atomic E-state index is 12.3. The molecule has 7 heteroatoms. The number of nitrogens with one attached hydrogen (secondary N) is 1. The van der Waals surface area contributed by atoms with Gasteiger partial charge in [-0.1, -0.05) is 36.5 Å². The van der Waals surface area contributed by atoms with Crippen molar-refractivity contribution < 1.29 is 9.53 Å². The van der Waals surface area contributed by atoms with E-state index in [2.05, 4.69) is 20.5 Å². The summed E-state index contributed by atoms with van der Waals surface area (Å²) in [5.41, 5.74) is 0.444. The molecule has 6 nitrogen and oxygen atoms in total. The number of hydrogen-bond donors (Lipinski definition) is 1. The van der Waals surface area contributed by atoms with Crippen LogP contribution in [0.4, 0.5) is 5.13 Å². The summed E-state index contributed by atoms with van der Waals surface area (Å²) in [6, 6.07) is 12.5. The van der Waals surface area contributed by atoms with Gasteiger partial charge < -0.3 is 4.74 Å². The lowest BCUT2D eigenvalue weighted by atomic mass is 10.2. The fraction of sp³-hybridized carbons (Fsp3) is 0.125. The second-order valence-electron chi connectivity index (χ2n) is 4.61. The molecule has 1 N–H and O–H groups in total. The van der Waals surface area contributed by atoms with Gasteiger partial charge in [0.25, 0.3) is 5.91 Å². The van der Waals surface area contributed by atoms with E-state index in [0.29, 0.717) is 22.3 Å². The molecule has 0 spiro atoms. The molecular formula is C16H14N4O2S. The number of pyridine rings is 1. The second kappa shape index (κ2) is 6.97. The first-order valence-electron chi connectivity index (χ1n) is 7.07. The Morgan fingerprint density at radius 1 is 1.22 bits per heavy atom.